The zero-order valence-corrected chi connectivity index (χ0v) is 25.2. The number of carbonyl (C=O) groups is 1. The second-order valence-electron chi connectivity index (χ2n) is 11.1. The zero-order chi connectivity index (χ0) is 29.5. The monoisotopic (exact) mass is 596 g/mol. The third-order valence-electron chi connectivity index (χ3n) is 8.09. The standard InChI is InChI=1S/C32H36N2O7.ClH/c1-18-19(2)30-24(20(3)29(18)36)12-13-32(4,41-30)17-40-23-10-11-25-26(15-23)34(5)28(33-25)16-39-22-8-6-21(7-9-22)14-27(35)31(37)38;/h6-11,15,27,35-36H,12-14,16-17H2,1-5H3,(H,37,38);1H. The van der Waals surface area contributed by atoms with E-state index in [2.05, 4.69) is 6.92 Å². The minimum atomic E-state index is -1.43. The molecule has 10 heteroatoms. The topological polar surface area (TPSA) is 123 Å². The van der Waals surface area contributed by atoms with E-state index < -0.39 is 17.7 Å². The predicted molar refractivity (Wildman–Crippen MR) is 161 cm³/mol. The maximum atomic E-state index is 10.9. The number of aliphatic carboxylic acids is 1. The largest absolute Gasteiger partial charge is 0.507 e. The molecule has 4 aromatic rings. The van der Waals surface area contributed by atoms with Gasteiger partial charge in [0, 0.05) is 25.1 Å². The van der Waals surface area contributed by atoms with Gasteiger partial charge in [-0.3, -0.25) is 0 Å². The number of nitrogens with zero attached hydrogens (tertiary/aromatic N) is 2. The molecule has 2 atom stereocenters. The summed E-state index contributed by atoms with van der Waals surface area (Å²) >= 11 is 0. The van der Waals surface area contributed by atoms with Crippen molar-refractivity contribution in [1.82, 2.24) is 9.55 Å². The number of phenols is 1. The number of carboxylic acid groups (broad SMARTS) is 1. The van der Waals surface area contributed by atoms with Crippen LogP contribution in [0.3, 0.4) is 0 Å². The summed E-state index contributed by atoms with van der Waals surface area (Å²) in [5, 5.41) is 28.9. The first-order valence-corrected chi connectivity index (χ1v) is 13.7. The number of hydrogen-bond acceptors (Lipinski definition) is 7. The average Bonchev–Trinajstić information content (AvgIpc) is 3.28. The maximum Gasteiger partial charge on any atom is 0.332 e. The Kier molecular flexibility index (Phi) is 8.94. The van der Waals surface area contributed by atoms with Crippen LogP contribution in [0.5, 0.6) is 23.0 Å². The van der Waals surface area contributed by atoms with Gasteiger partial charge in [-0.2, -0.15) is 0 Å². The van der Waals surface area contributed by atoms with Crippen LogP contribution < -0.4 is 14.2 Å². The number of aromatic nitrogens is 2. The van der Waals surface area contributed by atoms with Crippen LogP contribution in [0, 0.1) is 20.8 Å². The molecule has 2 heterocycles. The first-order chi connectivity index (χ1) is 19.5. The molecule has 5 rings (SSSR count). The highest BCUT2D eigenvalue weighted by molar-refractivity contribution is 5.85. The number of carboxylic acids is 1. The maximum absolute atomic E-state index is 10.9. The van der Waals surface area contributed by atoms with Crippen LogP contribution in [-0.2, 0) is 31.3 Å². The fraction of sp³-hybridized carbons (Fsp3) is 0.375. The van der Waals surface area contributed by atoms with E-state index in [-0.39, 0.29) is 25.4 Å². The highest BCUT2D eigenvalue weighted by Crippen LogP contribution is 2.43. The molecular weight excluding hydrogens is 560 g/mol. The Morgan fingerprint density at radius 2 is 1.76 bits per heavy atom. The summed E-state index contributed by atoms with van der Waals surface area (Å²) in [6, 6.07) is 12.8. The predicted octanol–water partition coefficient (Wildman–Crippen LogP) is 5.36. The molecule has 0 amide bonds. The Morgan fingerprint density at radius 1 is 1.07 bits per heavy atom. The summed E-state index contributed by atoms with van der Waals surface area (Å²) < 4.78 is 20.6. The minimum absolute atomic E-state index is 0. The number of halogens is 1. The first kappa shape index (κ1) is 31.0. The third-order valence-corrected chi connectivity index (χ3v) is 8.09. The van der Waals surface area contributed by atoms with Crippen LogP contribution in [0.25, 0.3) is 11.0 Å². The van der Waals surface area contributed by atoms with Gasteiger partial charge in [-0.15, -0.1) is 12.4 Å². The molecule has 9 nitrogen and oxygen atoms in total. The highest BCUT2D eigenvalue weighted by atomic mass is 35.5. The highest BCUT2D eigenvalue weighted by Gasteiger charge is 2.35. The minimum Gasteiger partial charge on any atom is -0.507 e. The Morgan fingerprint density at radius 3 is 2.45 bits per heavy atom. The normalized spacial score (nSPS) is 16.7. The summed E-state index contributed by atoms with van der Waals surface area (Å²) in [6.45, 7) is 8.53. The van der Waals surface area contributed by atoms with Crippen molar-refractivity contribution in [1.29, 1.82) is 0 Å². The van der Waals surface area contributed by atoms with Crippen molar-refractivity contribution in [3.05, 3.63) is 76.1 Å². The molecule has 0 saturated carbocycles. The Labute approximate surface area is 251 Å². The van der Waals surface area contributed by atoms with E-state index in [1.807, 2.05) is 50.6 Å². The quantitative estimate of drug-likeness (QED) is 0.236. The van der Waals surface area contributed by atoms with Gasteiger partial charge >= 0.3 is 5.97 Å². The number of aryl methyl sites for hydroxylation is 1. The number of imidazole rings is 1. The number of rotatable bonds is 9. The van der Waals surface area contributed by atoms with E-state index in [4.69, 9.17) is 24.3 Å². The summed E-state index contributed by atoms with van der Waals surface area (Å²) in [7, 11) is 1.93. The SMILES string of the molecule is Cc1c(C)c2c(c(C)c1O)CCC(C)(COc1ccc3nc(COc4ccc(CC(O)C(=O)O)cc4)n(C)c3c1)O2.Cl. The van der Waals surface area contributed by atoms with Crippen molar-refractivity contribution < 1.29 is 34.3 Å². The smallest absolute Gasteiger partial charge is 0.332 e. The van der Waals surface area contributed by atoms with Gasteiger partial charge in [-0.25, -0.2) is 9.78 Å². The van der Waals surface area contributed by atoms with Crippen molar-refractivity contribution in [3.8, 4) is 23.0 Å². The van der Waals surface area contributed by atoms with E-state index in [9.17, 15) is 15.0 Å². The number of aromatic hydroxyl groups is 1. The first-order valence-electron chi connectivity index (χ1n) is 13.7. The van der Waals surface area contributed by atoms with Crippen molar-refractivity contribution in [2.45, 2.75) is 65.3 Å². The molecule has 224 valence electrons. The average molecular weight is 597 g/mol. The van der Waals surface area contributed by atoms with Gasteiger partial charge in [0.25, 0.3) is 0 Å². The van der Waals surface area contributed by atoms with Crippen LogP contribution in [-0.4, -0.2) is 49.2 Å². The molecule has 1 aromatic heterocycles. The van der Waals surface area contributed by atoms with Crippen LogP contribution >= 0.6 is 12.4 Å². The number of fused-ring (bicyclic) bond motifs is 2. The number of aliphatic hydroxyl groups excluding tert-OH is 1. The summed E-state index contributed by atoms with van der Waals surface area (Å²) in [4.78, 5) is 15.6. The van der Waals surface area contributed by atoms with Crippen molar-refractivity contribution in [2.75, 3.05) is 6.61 Å². The molecular formula is C32H37ClN2O7. The zero-order valence-electron chi connectivity index (χ0n) is 24.4. The Balaban J connectivity index is 0.00000405. The molecule has 3 N–H and O–H groups in total. The second-order valence-corrected chi connectivity index (χ2v) is 11.1. The number of ether oxygens (including phenoxy) is 3. The van der Waals surface area contributed by atoms with Crippen LogP contribution in [0.1, 0.15) is 47.0 Å². The number of hydrogen-bond donors (Lipinski definition) is 3. The third kappa shape index (κ3) is 6.12. The van der Waals surface area contributed by atoms with Gasteiger partial charge in [0.15, 0.2) is 6.10 Å². The second kappa shape index (κ2) is 12.1. The summed E-state index contributed by atoms with van der Waals surface area (Å²) in [5.74, 6) is 2.04. The van der Waals surface area contributed by atoms with E-state index in [1.165, 1.54) is 0 Å². The van der Waals surface area contributed by atoms with Crippen molar-refractivity contribution in [2.24, 2.45) is 7.05 Å². The van der Waals surface area contributed by atoms with E-state index in [0.717, 1.165) is 63.5 Å². The lowest BCUT2D eigenvalue weighted by molar-refractivity contribution is -0.146. The molecule has 0 aliphatic carbocycles. The van der Waals surface area contributed by atoms with Gasteiger partial charge in [0.05, 0.1) is 11.0 Å². The molecule has 2 unspecified atom stereocenters. The summed E-state index contributed by atoms with van der Waals surface area (Å²) in [5.41, 5.74) is 5.72. The lowest BCUT2D eigenvalue weighted by atomic mass is 9.87. The fourth-order valence-corrected chi connectivity index (χ4v) is 5.25. The molecule has 1 aliphatic heterocycles. The Bertz CT molecular complexity index is 1620. The molecule has 0 radical (unpaired) electrons. The molecule has 0 saturated heterocycles. The number of phenolic OH excluding ortho intramolecular Hbond substituents is 1. The molecule has 0 spiro atoms. The van der Waals surface area contributed by atoms with Crippen molar-refractivity contribution >= 4 is 29.4 Å². The van der Waals surface area contributed by atoms with Gasteiger partial charge in [0.2, 0.25) is 0 Å². The van der Waals surface area contributed by atoms with Crippen LogP contribution in [0.2, 0.25) is 0 Å². The Hall–Kier alpha value is -3.95. The molecule has 42 heavy (non-hydrogen) atoms. The van der Waals surface area contributed by atoms with Gasteiger partial charge < -0.3 is 34.1 Å². The van der Waals surface area contributed by atoms with E-state index >= 15 is 0 Å². The molecule has 1 aliphatic rings. The van der Waals surface area contributed by atoms with E-state index in [1.54, 1.807) is 24.3 Å². The molecule has 3 aromatic carbocycles. The van der Waals surface area contributed by atoms with Crippen molar-refractivity contribution in [3.63, 3.8) is 0 Å². The lowest BCUT2D eigenvalue weighted by Crippen LogP contribution is -2.42. The van der Waals surface area contributed by atoms with Gasteiger partial charge in [-0.1, -0.05) is 12.1 Å². The summed E-state index contributed by atoms with van der Waals surface area (Å²) in [6.07, 6.45) is 0.192. The fourth-order valence-electron chi connectivity index (χ4n) is 5.25. The lowest BCUT2D eigenvalue weighted by Gasteiger charge is -2.37. The number of aliphatic hydroxyl groups is 1. The van der Waals surface area contributed by atoms with Gasteiger partial charge in [0.1, 0.15) is 47.6 Å². The van der Waals surface area contributed by atoms with Crippen LogP contribution in [0.15, 0.2) is 42.5 Å². The molecule has 0 fully saturated rings. The molecule has 0 bridgehead atoms. The van der Waals surface area contributed by atoms with Gasteiger partial charge in [-0.05, 0) is 87.1 Å². The van der Waals surface area contributed by atoms with Crippen LogP contribution in [0.4, 0.5) is 0 Å². The van der Waals surface area contributed by atoms with E-state index in [0.29, 0.717) is 23.7 Å². The number of benzene rings is 3.